The number of carbonyl (C=O) groups is 1. The summed E-state index contributed by atoms with van der Waals surface area (Å²) >= 11 is 0. The van der Waals surface area contributed by atoms with E-state index in [4.69, 9.17) is 4.74 Å². The van der Waals surface area contributed by atoms with Crippen LogP contribution in [0.15, 0.2) is 71.9 Å². The van der Waals surface area contributed by atoms with E-state index >= 15 is 0 Å². The van der Waals surface area contributed by atoms with Gasteiger partial charge in [-0.3, -0.25) is 9.78 Å². The first kappa shape index (κ1) is 20.2. The summed E-state index contributed by atoms with van der Waals surface area (Å²) < 4.78 is 6.19. The number of hydrogen-bond donors (Lipinski definition) is 1. The molecule has 0 aliphatic carbocycles. The quantitative estimate of drug-likeness (QED) is 0.523. The van der Waals surface area contributed by atoms with Crippen LogP contribution >= 0.6 is 0 Å². The Bertz CT molecular complexity index is 1200. The molecular formula is C26H26N4O2. The van der Waals surface area contributed by atoms with Crippen molar-refractivity contribution in [2.75, 3.05) is 23.4 Å². The molecule has 2 aliphatic heterocycles. The Morgan fingerprint density at radius 1 is 1.03 bits per heavy atom. The normalized spacial score (nSPS) is 19.1. The van der Waals surface area contributed by atoms with Crippen LogP contribution in [0, 0.1) is 5.41 Å². The first-order valence-electron chi connectivity index (χ1n) is 11.0. The molecule has 162 valence electrons. The summed E-state index contributed by atoms with van der Waals surface area (Å²) in [6.45, 7) is 5.87. The van der Waals surface area contributed by atoms with E-state index in [1.165, 1.54) is 0 Å². The smallest absolute Gasteiger partial charge is 0.280 e. The van der Waals surface area contributed by atoms with E-state index in [0.717, 1.165) is 42.1 Å². The summed E-state index contributed by atoms with van der Waals surface area (Å²) in [5, 5.41) is 3.32. The average Bonchev–Trinajstić information content (AvgIpc) is 3.14. The predicted octanol–water partition coefficient (Wildman–Crippen LogP) is 5.38. The Kier molecular flexibility index (Phi) is 5.13. The van der Waals surface area contributed by atoms with Crippen molar-refractivity contribution in [3.8, 4) is 17.0 Å². The molecule has 0 fully saturated rings. The SMILES string of the molecule is CC1(C)CCOc2ccccc2-c2cc(ccn2)C(=O)/N=C2\Nc3ccccc3N2CC1. The maximum atomic E-state index is 13.1. The molecule has 5 rings (SSSR count). The maximum absolute atomic E-state index is 13.1. The van der Waals surface area contributed by atoms with Gasteiger partial charge in [-0.25, -0.2) is 0 Å². The minimum Gasteiger partial charge on any atom is -0.493 e. The number of para-hydroxylation sites is 3. The van der Waals surface area contributed by atoms with E-state index in [1.807, 2.05) is 42.5 Å². The Balaban J connectivity index is 1.59. The maximum Gasteiger partial charge on any atom is 0.280 e. The van der Waals surface area contributed by atoms with Crippen molar-refractivity contribution in [3.63, 3.8) is 0 Å². The number of aliphatic imine (C=N–C) groups is 1. The second-order valence-corrected chi connectivity index (χ2v) is 8.97. The third-order valence-corrected chi connectivity index (χ3v) is 6.12. The van der Waals surface area contributed by atoms with Crippen LogP contribution in [0.1, 0.15) is 37.0 Å². The summed E-state index contributed by atoms with van der Waals surface area (Å²) in [4.78, 5) is 24.2. The molecule has 2 bridgehead atoms. The Morgan fingerprint density at radius 3 is 2.75 bits per heavy atom. The number of carbonyl (C=O) groups excluding carboxylic acids is 1. The van der Waals surface area contributed by atoms with E-state index in [0.29, 0.717) is 23.8 Å². The Morgan fingerprint density at radius 2 is 1.84 bits per heavy atom. The van der Waals surface area contributed by atoms with Gasteiger partial charge in [0.1, 0.15) is 5.75 Å². The molecule has 0 spiro atoms. The minimum atomic E-state index is -0.304. The highest BCUT2D eigenvalue weighted by Gasteiger charge is 2.29. The second kappa shape index (κ2) is 8.11. The van der Waals surface area contributed by atoms with Crippen LogP contribution < -0.4 is 15.0 Å². The van der Waals surface area contributed by atoms with Crippen LogP contribution in [0.3, 0.4) is 0 Å². The van der Waals surface area contributed by atoms with Gasteiger partial charge < -0.3 is 15.0 Å². The van der Waals surface area contributed by atoms with E-state index in [-0.39, 0.29) is 11.3 Å². The lowest BCUT2D eigenvalue weighted by atomic mass is 9.86. The van der Waals surface area contributed by atoms with Crippen molar-refractivity contribution < 1.29 is 9.53 Å². The number of ether oxygens (including phenoxy) is 1. The second-order valence-electron chi connectivity index (χ2n) is 8.97. The minimum absolute atomic E-state index is 0.0532. The van der Waals surface area contributed by atoms with E-state index < -0.39 is 0 Å². The van der Waals surface area contributed by atoms with Crippen molar-refractivity contribution in [1.82, 2.24) is 4.98 Å². The van der Waals surface area contributed by atoms with Gasteiger partial charge in [0, 0.05) is 23.9 Å². The number of guanidine groups is 1. The predicted molar refractivity (Wildman–Crippen MR) is 127 cm³/mol. The highest BCUT2D eigenvalue weighted by Crippen LogP contribution is 2.35. The van der Waals surface area contributed by atoms with Crippen LogP contribution in [0.25, 0.3) is 11.3 Å². The summed E-state index contributed by atoms with van der Waals surface area (Å²) in [7, 11) is 0. The first-order chi connectivity index (χ1) is 15.5. The lowest BCUT2D eigenvalue weighted by Crippen LogP contribution is -2.34. The number of amides is 1. The van der Waals surface area contributed by atoms with Gasteiger partial charge >= 0.3 is 0 Å². The fourth-order valence-electron chi connectivity index (χ4n) is 4.08. The highest BCUT2D eigenvalue weighted by molar-refractivity contribution is 6.19. The molecule has 1 N–H and O–H groups in total. The van der Waals surface area contributed by atoms with Crippen LogP contribution in [0.2, 0.25) is 0 Å². The molecule has 2 aliphatic rings. The number of hydrogen-bond acceptors (Lipinski definition) is 5. The third kappa shape index (κ3) is 3.96. The highest BCUT2D eigenvalue weighted by atomic mass is 16.5. The molecule has 0 radical (unpaired) electrons. The van der Waals surface area contributed by atoms with Crippen LogP contribution in [0.4, 0.5) is 11.4 Å². The number of aromatic nitrogens is 1. The zero-order valence-corrected chi connectivity index (χ0v) is 18.3. The molecule has 1 aromatic heterocycles. The molecule has 2 aromatic carbocycles. The molecule has 6 heteroatoms. The molecule has 0 saturated heterocycles. The first-order valence-corrected chi connectivity index (χ1v) is 11.0. The number of pyridine rings is 1. The molecule has 3 heterocycles. The van der Waals surface area contributed by atoms with Crippen LogP contribution in [-0.4, -0.2) is 30.0 Å². The fraction of sp³-hybridized carbons (Fsp3) is 0.269. The summed E-state index contributed by atoms with van der Waals surface area (Å²) in [6.07, 6.45) is 3.48. The third-order valence-electron chi connectivity index (χ3n) is 6.12. The number of benzene rings is 2. The molecule has 0 saturated carbocycles. The van der Waals surface area contributed by atoms with Crippen molar-refractivity contribution >= 4 is 23.2 Å². The van der Waals surface area contributed by atoms with E-state index in [1.54, 1.807) is 18.3 Å². The lowest BCUT2D eigenvalue weighted by molar-refractivity contribution is 0.100. The Labute approximate surface area is 188 Å². The van der Waals surface area contributed by atoms with Crippen LogP contribution in [-0.2, 0) is 0 Å². The average molecular weight is 427 g/mol. The number of fused-ring (bicyclic) bond motifs is 7. The molecular weight excluding hydrogens is 400 g/mol. The van der Waals surface area contributed by atoms with E-state index in [2.05, 4.69) is 40.1 Å². The zero-order valence-electron chi connectivity index (χ0n) is 18.3. The molecule has 32 heavy (non-hydrogen) atoms. The zero-order chi connectivity index (χ0) is 22.1. The van der Waals surface area contributed by atoms with Crippen LogP contribution in [0.5, 0.6) is 5.75 Å². The van der Waals surface area contributed by atoms with Gasteiger partial charge in [-0.2, -0.15) is 4.99 Å². The van der Waals surface area contributed by atoms with Gasteiger partial charge in [0.25, 0.3) is 5.91 Å². The van der Waals surface area contributed by atoms with Crippen molar-refractivity contribution in [3.05, 3.63) is 72.4 Å². The topological polar surface area (TPSA) is 66.8 Å². The van der Waals surface area contributed by atoms with Crippen molar-refractivity contribution in [1.29, 1.82) is 0 Å². The lowest BCUT2D eigenvalue weighted by Gasteiger charge is -2.28. The fourth-order valence-corrected chi connectivity index (χ4v) is 4.08. The van der Waals surface area contributed by atoms with Gasteiger partial charge in [-0.15, -0.1) is 0 Å². The van der Waals surface area contributed by atoms with E-state index in [9.17, 15) is 4.79 Å². The van der Waals surface area contributed by atoms with Gasteiger partial charge in [0.15, 0.2) is 0 Å². The van der Waals surface area contributed by atoms with Gasteiger partial charge in [-0.1, -0.05) is 38.1 Å². The Hall–Kier alpha value is -3.67. The summed E-state index contributed by atoms with van der Waals surface area (Å²) in [5.41, 5.74) is 4.11. The summed E-state index contributed by atoms with van der Waals surface area (Å²) in [6, 6.07) is 19.4. The number of nitrogens with one attached hydrogen (secondary N) is 1. The summed E-state index contributed by atoms with van der Waals surface area (Å²) in [5.74, 6) is 1.04. The van der Waals surface area contributed by atoms with Crippen molar-refractivity contribution in [2.24, 2.45) is 10.4 Å². The molecule has 6 nitrogen and oxygen atoms in total. The van der Waals surface area contributed by atoms with Gasteiger partial charge in [-0.05, 0) is 54.7 Å². The number of nitrogens with zero attached hydrogens (tertiary/aromatic N) is 3. The molecule has 3 aromatic rings. The van der Waals surface area contributed by atoms with Gasteiger partial charge in [0.05, 0.1) is 23.7 Å². The number of anilines is 2. The number of rotatable bonds is 0. The standard InChI is InChI=1S/C26H26N4O2/c1-26(2)12-15-30-22-9-5-4-8-20(22)28-25(30)29-24(31)18-11-14-27-21(17-18)19-7-3-6-10-23(19)32-16-13-26/h3-11,14,17H,12-13,15-16H2,1-2H3,(H,28,29,31). The molecule has 0 atom stereocenters. The van der Waals surface area contributed by atoms with Gasteiger partial charge in [0.2, 0.25) is 5.96 Å². The van der Waals surface area contributed by atoms with Crippen molar-refractivity contribution in [2.45, 2.75) is 26.7 Å². The largest absolute Gasteiger partial charge is 0.493 e. The molecule has 0 unspecified atom stereocenters. The molecule has 1 amide bonds. The monoisotopic (exact) mass is 426 g/mol.